The molecule has 0 bridgehead atoms. The molecule has 1 aromatic rings. The number of amides is 2. The van der Waals surface area contributed by atoms with Crippen molar-refractivity contribution in [2.75, 3.05) is 23.3 Å². The third kappa shape index (κ3) is 5.85. The van der Waals surface area contributed by atoms with E-state index in [2.05, 4.69) is 29.4 Å². The first-order chi connectivity index (χ1) is 9.96. The lowest BCUT2D eigenvalue weighted by Crippen LogP contribution is -2.33. The third-order valence-electron chi connectivity index (χ3n) is 3.05. The number of carbonyl (C=O) groups excluding carboxylic acids is 2. The lowest BCUT2D eigenvalue weighted by molar-refractivity contribution is -0.127. The van der Waals surface area contributed by atoms with Crippen molar-refractivity contribution < 1.29 is 9.59 Å². The minimum atomic E-state index is -0.302. The Hall–Kier alpha value is -2.04. The van der Waals surface area contributed by atoms with Crippen molar-refractivity contribution in [3.63, 3.8) is 0 Å². The van der Waals surface area contributed by atoms with Crippen molar-refractivity contribution in [2.45, 2.75) is 40.2 Å². The van der Waals surface area contributed by atoms with Crippen molar-refractivity contribution in [1.82, 2.24) is 5.32 Å². The molecule has 0 atom stereocenters. The van der Waals surface area contributed by atoms with Crippen molar-refractivity contribution in [1.29, 1.82) is 0 Å². The largest absolute Gasteiger partial charge is 0.372 e. The molecule has 0 unspecified atom stereocenters. The molecular weight excluding hydrogens is 266 g/mol. The monoisotopic (exact) mass is 291 g/mol. The minimum Gasteiger partial charge on any atom is -0.372 e. The molecule has 0 spiro atoms. The van der Waals surface area contributed by atoms with E-state index in [0.717, 1.165) is 18.8 Å². The van der Waals surface area contributed by atoms with Gasteiger partial charge in [0.2, 0.25) is 11.8 Å². The fourth-order valence-electron chi connectivity index (χ4n) is 2.07. The summed E-state index contributed by atoms with van der Waals surface area (Å²) in [5, 5.41) is 5.42. The number of carbonyl (C=O) groups is 2. The Balaban J connectivity index is 2.55. The summed E-state index contributed by atoms with van der Waals surface area (Å²) in [5.41, 5.74) is 1.82. The normalized spacial score (nSPS) is 10.3. The summed E-state index contributed by atoms with van der Waals surface area (Å²) in [6, 6.07) is 7.68. The van der Waals surface area contributed by atoms with Crippen molar-refractivity contribution in [2.24, 2.45) is 0 Å². The van der Waals surface area contributed by atoms with Crippen LogP contribution in [0, 0.1) is 0 Å². The first-order valence-corrected chi connectivity index (χ1v) is 7.40. The predicted molar refractivity (Wildman–Crippen MR) is 86.5 cm³/mol. The van der Waals surface area contributed by atoms with Crippen LogP contribution in [0.25, 0.3) is 0 Å². The SMILES string of the molecule is CCN(CC)c1ccc(NC(=O)CC(=O)NC(C)C)cc1. The highest BCUT2D eigenvalue weighted by atomic mass is 16.2. The smallest absolute Gasteiger partial charge is 0.233 e. The van der Waals surface area contributed by atoms with Crippen LogP contribution in [-0.2, 0) is 9.59 Å². The summed E-state index contributed by atoms with van der Waals surface area (Å²) in [4.78, 5) is 25.5. The van der Waals surface area contributed by atoms with E-state index in [4.69, 9.17) is 0 Å². The van der Waals surface area contributed by atoms with Gasteiger partial charge in [-0.1, -0.05) is 0 Å². The molecular formula is C16H25N3O2. The zero-order valence-corrected chi connectivity index (χ0v) is 13.3. The Morgan fingerprint density at radius 3 is 2.10 bits per heavy atom. The first-order valence-electron chi connectivity index (χ1n) is 7.40. The number of hydrogen-bond acceptors (Lipinski definition) is 3. The van der Waals surface area contributed by atoms with E-state index in [1.807, 2.05) is 38.1 Å². The molecule has 0 aliphatic heterocycles. The van der Waals surface area contributed by atoms with E-state index in [0.29, 0.717) is 5.69 Å². The van der Waals surface area contributed by atoms with Gasteiger partial charge in [-0.3, -0.25) is 9.59 Å². The van der Waals surface area contributed by atoms with Gasteiger partial charge in [0.15, 0.2) is 0 Å². The van der Waals surface area contributed by atoms with Crippen LogP contribution in [0.4, 0.5) is 11.4 Å². The summed E-state index contributed by atoms with van der Waals surface area (Å²) in [6.45, 7) is 9.82. The highest BCUT2D eigenvalue weighted by Crippen LogP contribution is 2.17. The van der Waals surface area contributed by atoms with E-state index in [1.54, 1.807) is 0 Å². The predicted octanol–water partition coefficient (Wildman–Crippen LogP) is 2.39. The molecule has 2 N–H and O–H groups in total. The molecule has 0 radical (unpaired) electrons. The topological polar surface area (TPSA) is 61.4 Å². The van der Waals surface area contributed by atoms with Crippen molar-refractivity contribution in [3.05, 3.63) is 24.3 Å². The van der Waals surface area contributed by atoms with Crippen LogP contribution in [0.2, 0.25) is 0 Å². The molecule has 0 heterocycles. The van der Waals surface area contributed by atoms with Gasteiger partial charge >= 0.3 is 0 Å². The molecule has 21 heavy (non-hydrogen) atoms. The van der Waals surface area contributed by atoms with Gasteiger partial charge in [-0.15, -0.1) is 0 Å². The van der Waals surface area contributed by atoms with Gasteiger partial charge in [0.05, 0.1) is 0 Å². The average molecular weight is 291 g/mol. The molecule has 0 fully saturated rings. The van der Waals surface area contributed by atoms with Crippen LogP contribution in [0.15, 0.2) is 24.3 Å². The Kier molecular flexibility index (Phi) is 6.72. The van der Waals surface area contributed by atoms with Crippen LogP contribution >= 0.6 is 0 Å². The van der Waals surface area contributed by atoms with Crippen LogP contribution < -0.4 is 15.5 Å². The Morgan fingerprint density at radius 2 is 1.62 bits per heavy atom. The maximum absolute atomic E-state index is 11.8. The molecule has 1 rings (SSSR count). The third-order valence-corrected chi connectivity index (χ3v) is 3.05. The molecule has 0 aliphatic rings. The zero-order chi connectivity index (χ0) is 15.8. The Morgan fingerprint density at radius 1 is 1.05 bits per heavy atom. The number of nitrogens with zero attached hydrogens (tertiary/aromatic N) is 1. The Bertz CT molecular complexity index is 465. The molecule has 5 heteroatoms. The maximum atomic E-state index is 11.8. The van der Waals surface area contributed by atoms with Crippen LogP contribution in [0.1, 0.15) is 34.1 Å². The zero-order valence-electron chi connectivity index (χ0n) is 13.3. The molecule has 0 aliphatic carbocycles. The summed E-state index contributed by atoms with van der Waals surface area (Å²) >= 11 is 0. The molecule has 0 aromatic heterocycles. The van der Waals surface area contributed by atoms with Crippen LogP contribution in [0.5, 0.6) is 0 Å². The molecule has 0 saturated heterocycles. The summed E-state index contributed by atoms with van der Waals surface area (Å²) in [6.07, 6.45) is -0.157. The lowest BCUT2D eigenvalue weighted by atomic mass is 10.2. The number of anilines is 2. The first kappa shape index (κ1) is 17.0. The van der Waals surface area contributed by atoms with E-state index in [9.17, 15) is 9.59 Å². The molecule has 0 saturated carbocycles. The second-order valence-corrected chi connectivity index (χ2v) is 5.17. The van der Waals surface area contributed by atoms with Gasteiger partial charge in [0.25, 0.3) is 0 Å². The maximum Gasteiger partial charge on any atom is 0.233 e. The van der Waals surface area contributed by atoms with Gasteiger partial charge in [0, 0.05) is 30.5 Å². The van der Waals surface area contributed by atoms with Crippen molar-refractivity contribution in [3.8, 4) is 0 Å². The molecule has 116 valence electrons. The highest BCUT2D eigenvalue weighted by Gasteiger charge is 2.10. The second kappa shape index (κ2) is 8.29. The van der Waals surface area contributed by atoms with E-state index < -0.39 is 0 Å². The fourth-order valence-corrected chi connectivity index (χ4v) is 2.07. The summed E-state index contributed by atoms with van der Waals surface area (Å²) < 4.78 is 0. The van der Waals surface area contributed by atoms with Gasteiger partial charge < -0.3 is 15.5 Å². The van der Waals surface area contributed by atoms with Crippen molar-refractivity contribution >= 4 is 23.2 Å². The number of rotatable bonds is 7. The molecule has 5 nitrogen and oxygen atoms in total. The molecule has 1 aromatic carbocycles. The van der Waals surface area contributed by atoms with Gasteiger partial charge in [-0.05, 0) is 52.0 Å². The summed E-state index contributed by atoms with van der Waals surface area (Å²) in [5.74, 6) is -0.564. The number of benzene rings is 1. The minimum absolute atomic E-state index is 0.0404. The summed E-state index contributed by atoms with van der Waals surface area (Å²) in [7, 11) is 0. The quantitative estimate of drug-likeness (QED) is 0.758. The molecule has 2 amide bonds. The highest BCUT2D eigenvalue weighted by molar-refractivity contribution is 6.03. The van der Waals surface area contributed by atoms with Gasteiger partial charge in [-0.2, -0.15) is 0 Å². The van der Waals surface area contributed by atoms with E-state index in [-0.39, 0.29) is 24.3 Å². The average Bonchev–Trinajstić information content (AvgIpc) is 2.40. The van der Waals surface area contributed by atoms with E-state index in [1.165, 1.54) is 0 Å². The van der Waals surface area contributed by atoms with Crippen LogP contribution in [0.3, 0.4) is 0 Å². The van der Waals surface area contributed by atoms with E-state index >= 15 is 0 Å². The lowest BCUT2D eigenvalue weighted by Gasteiger charge is -2.21. The standard InChI is InChI=1S/C16H25N3O2/c1-5-19(6-2)14-9-7-13(8-10-14)18-16(21)11-15(20)17-12(3)4/h7-10,12H,5-6,11H2,1-4H3,(H,17,20)(H,18,21). The fraction of sp³-hybridized carbons (Fsp3) is 0.500. The Labute approximate surface area is 126 Å². The second-order valence-electron chi connectivity index (χ2n) is 5.17. The van der Waals surface area contributed by atoms with Crippen LogP contribution in [-0.4, -0.2) is 30.9 Å². The number of nitrogens with one attached hydrogen (secondary N) is 2. The van der Waals surface area contributed by atoms with Gasteiger partial charge in [0.1, 0.15) is 6.42 Å². The number of hydrogen-bond donors (Lipinski definition) is 2. The van der Waals surface area contributed by atoms with Gasteiger partial charge in [-0.25, -0.2) is 0 Å².